The highest BCUT2D eigenvalue weighted by Gasteiger charge is 2.21. The molecule has 0 bridgehead atoms. The summed E-state index contributed by atoms with van der Waals surface area (Å²) in [6.07, 6.45) is 2.98. The summed E-state index contributed by atoms with van der Waals surface area (Å²) in [4.78, 5) is 6.74. The van der Waals surface area contributed by atoms with Gasteiger partial charge in [0.15, 0.2) is 11.5 Å². The molecule has 2 aromatic heterocycles. The first kappa shape index (κ1) is 17.6. The van der Waals surface area contributed by atoms with E-state index in [4.69, 9.17) is 11.0 Å². The maximum atomic E-state index is 11.9. The average molecular weight is 356 g/mol. The Bertz CT molecular complexity index is 924. The number of nitriles is 1. The smallest absolute Gasteiger partial charge is 0.177 e. The summed E-state index contributed by atoms with van der Waals surface area (Å²) in [6, 6.07) is 8.29. The Balaban J connectivity index is 0.000000206. The van der Waals surface area contributed by atoms with Gasteiger partial charge in [-0.3, -0.25) is 0 Å². The molecule has 1 fully saturated rings. The number of anilines is 2. The molecule has 1 unspecified atom stereocenters. The van der Waals surface area contributed by atoms with Crippen molar-refractivity contribution in [3.8, 4) is 6.07 Å². The SMILES string of the molecule is CC1CCN(c2ccn3nc(N)c(C#N)c3n2)C1.Fc1ccc(F)cc1. The van der Waals surface area contributed by atoms with Crippen molar-refractivity contribution in [2.75, 3.05) is 23.7 Å². The minimum Gasteiger partial charge on any atom is -0.381 e. The molecule has 1 aliphatic rings. The highest BCUT2D eigenvalue weighted by molar-refractivity contribution is 5.67. The Hall–Kier alpha value is -3.21. The maximum absolute atomic E-state index is 11.9. The van der Waals surface area contributed by atoms with Gasteiger partial charge in [0.25, 0.3) is 0 Å². The summed E-state index contributed by atoms with van der Waals surface area (Å²) >= 11 is 0. The molecule has 0 amide bonds. The molecule has 0 radical (unpaired) electrons. The van der Waals surface area contributed by atoms with Crippen LogP contribution in [0.4, 0.5) is 20.4 Å². The van der Waals surface area contributed by atoms with Crippen LogP contribution in [0.15, 0.2) is 36.5 Å². The number of rotatable bonds is 1. The van der Waals surface area contributed by atoms with E-state index in [-0.39, 0.29) is 5.82 Å². The van der Waals surface area contributed by atoms with Gasteiger partial charge in [0.1, 0.15) is 29.1 Å². The number of hydrogen-bond donors (Lipinski definition) is 1. The van der Waals surface area contributed by atoms with Gasteiger partial charge in [-0.2, -0.15) is 5.26 Å². The largest absolute Gasteiger partial charge is 0.381 e. The molecule has 2 N–H and O–H groups in total. The molecule has 0 saturated carbocycles. The molecular formula is C18H18F2N6. The van der Waals surface area contributed by atoms with Crippen molar-refractivity contribution in [3.63, 3.8) is 0 Å². The number of aromatic nitrogens is 3. The lowest BCUT2D eigenvalue weighted by Gasteiger charge is -2.16. The van der Waals surface area contributed by atoms with E-state index in [1.807, 2.05) is 6.07 Å². The van der Waals surface area contributed by atoms with Crippen molar-refractivity contribution in [2.45, 2.75) is 13.3 Å². The van der Waals surface area contributed by atoms with Gasteiger partial charge in [0, 0.05) is 19.3 Å². The second-order valence-corrected chi connectivity index (χ2v) is 6.20. The zero-order chi connectivity index (χ0) is 18.7. The number of fused-ring (bicyclic) bond motifs is 1. The van der Waals surface area contributed by atoms with E-state index in [0.29, 0.717) is 17.1 Å². The van der Waals surface area contributed by atoms with Crippen LogP contribution < -0.4 is 10.6 Å². The number of benzene rings is 1. The zero-order valence-electron chi connectivity index (χ0n) is 14.2. The molecule has 26 heavy (non-hydrogen) atoms. The standard InChI is InChI=1S/C12H14N6.C6H4F2/c1-8-2-4-17(7-8)10-3-5-18-12(15-10)9(6-13)11(14)16-18;7-5-1-2-6(8)4-3-5/h3,5,8H,2,4,7H2,1H3,(H2,14,16);1-4H. The molecule has 1 aliphatic heterocycles. The summed E-state index contributed by atoms with van der Waals surface area (Å²) in [5.74, 6) is 0.992. The van der Waals surface area contributed by atoms with Gasteiger partial charge in [-0.1, -0.05) is 6.92 Å². The number of hydrogen-bond acceptors (Lipinski definition) is 5. The second-order valence-electron chi connectivity index (χ2n) is 6.20. The van der Waals surface area contributed by atoms with E-state index in [1.54, 1.807) is 10.7 Å². The Morgan fingerprint density at radius 2 is 1.85 bits per heavy atom. The van der Waals surface area contributed by atoms with Crippen molar-refractivity contribution in [3.05, 3.63) is 53.7 Å². The predicted molar refractivity (Wildman–Crippen MR) is 94.5 cm³/mol. The van der Waals surface area contributed by atoms with Crippen molar-refractivity contribution >= 4 is 17.3 Å². The average Bonchev–Trinajstić information content (AvgIpc) is 3.19. The van der Waals surface area contributed by atoms with E-state index in [1.165, 1.54) is 6.42 Å². The topological polar surface area (TPSA) is 83.2 Å². The first-order valence-electron chi connectivity index (χ1n) is 8.19. The van der Waals surface area contributed by atoms with Crippen molar-refractivity contribution in [1.29, 1.82) is 5.26 Å². The molecule has 134 valence electrons. The highest BCUT2D eigenvalue weighted by atomic mass is 19.1. The summed E-state index contributed by atoms with van der Waals surface area (Å²) < 4.78 is 25.4. The van der Waals surface area contributed by atoms with E-state index in [9.17, 15) is 8.78 Å². The molecule has 3 aromatic rings. The van der Waals surface area contributed by atoms with Crippen molar-refractivity contribution in [1.82, 2.24) is 14.6 Å². The third-order valence-electron chi connectivity index (χ3n) is 4.16. The van der Waals surface area contributed by atoms with Gasteiger partial charge in [0.05, 0.1) is 0 Å². The Kier molecular flexibility index (Phi) is 4.98. The summed E-state index contributed by atoms with van der Waals surface area (Å²) in [5.41, 5.74) is 6.57. The van der Waals surface area contributed by atoms with Crippen LogP contribution >= 0.6 is 0 Å². The highest BCUT2D eigenvalue weighted by Crippen LogP contribution is 2.23. The van der Waals surface area contributed by atoms with Crippen molar-refractivity contribution < 1.29 is 8.78 Å². The summed E-state index contributed by atoms with van der Waals surface area (Å²) in [7, 11) is 0. The third kappa shape index (κ3) is 3.72. The number of nitrogen functional groups attached to an aromatic ring is 1. The minimum absolute atomic E-state index is 0.233. The molecule has 1 aromatic carbocycles. The van der Waals surface area contributed by atoms with Gasteiger partial charge in [-0.25, -0.2) is 18.3 Å². The van der Waals surface area contributed by atoms with E-state index in [0.717, 1.165) is 43.2 Å². The second kappa shape index (κ2) is 7.35. The number of halogens is 2. The number of nitrogens with zero attached hydrogens (tertiary/aromatic N) is 5. The minimum atomic E-state index is -0.411. The van der Waals surface area contributed by atoms with Crippen LogP contribution in [0.3, 0.4) is 0 Å². The van der Waals surface area contributed by atoms with E-state index >= 15 is 0 Å². The van der Waals surface area contributed by atoms with E-state index < -0.39 is 11.6 Å². The molecule has 4 rings (SSSR count). The first-order chi connectivity index (χ1) is 12.5. The van der Waals surface area contributed by atoms with Gasteiger partial charge in [-0.15, -0.1) is 5.10 Å². The molecule has 6 nitrogen and oxygen atoms in total. The molecule has 1 atom stereocenters. The van der Waals surface area contributed by atoms with Gasteiger partial charge in [0.2, 0.25) is 0 Å². The quantitative estimate of drug-likeness (QED) is 0.725. The van der Waals surface area contributed by atoms with Crippen LogP contribution in [0.2, 0.25) is 0 Å². The maximum Gasteiger partial charge on any atom is 0.177 e. The van der Waals surface area contributed by atoms with Gasteiger partial charge in [-0.05, 0) is 42.7 Å². The lowest BCUT2D eigenvalue weighted by atomic mass is 10.2. The molecule has 1 saturated heterocycles. The number of nitrogens with two attached hydrogens (primary N) is 1. The zero-order valence-corrected chi connectivity index (χ0v) is 14.2. The van der Waals surface area contributed by atoms with Crippen LogP contribution in [-0.4, -0.2) is 27.7 Å². The molecular weight excluding hydrogens is 338 g/mol. The monoisotopic (exact) mass is 356 g/mol. The summed E-state index contributed by atoms with van der Waals surface area (Å²) in [6.45, 7) is 4.25. The third-order valence-corrected chi connectivity index (χ3v) is 4.16. The Labute approximate surface area is 149 Å². The van der Waals surface area contributed by atoms with Crippen molar-refractivity contribution in [2.24, 2.45) is 5.92 Å². The fourth-order valence-electron chi connectivity index (χ4n) is 2.79. The van der Waals surface area contributed by atoms with Crippen LogP contribution in [0, 0.1) is 28.9 Å². The van der Waals surface area contributed by atoms with Crippen LogP contribution in [0.5, 0.6) is 0 Å². The van der Waals surface area contributed by atoms with Gasteiger partial charge >= 0.3 is 0 Å². The van der Waals surface area contributed by atoms with Crippen LogP contribution in [0.1, 0.15) is 18.9 Å². The predicted octanol–water partition coefficient (Wildman–Crippen LogP) is 2.99. The molecule has 0 spiro atoms. The molecule has 8 heteroatoms. The van der Waals surface area contributed by atoms with Crippen LogP contribution in [-0.2, 0) is 0 Å². The fraction of sp³-hybridized carbons (Fsp3) is 0.278. The Morgan fingerprint density at radius 3 is 2.38 bits per heavy atom. The Morgan fingerprint density at radius 1 is 1.19 bits per heavy atom. The lowest BCUT2D eigenvalue weighted by Crippen LogP contribution is -2.20. The first-order valence-corrected chi connectivity index (χ1v) is 8.19. The lowest BCUT2D eigenvalue weighted by molar-refractivity contribution is 0.600. The fourth-order valence-corrected chi connectivity index (χ4v) is 2.79. The summed E-state index contributed by atoms with van der Waals surface area (Å²) in [5, 5.41) is 13.1. The van der Waals surface area contributed by atoms with E-state index in [2.05, 4.69) is 28.0 Å². The molecule has 0 aliphatic carbocycles. The van der Waals surface area contributed by atoms with Gasteiger partial charge < -0.3 is 10.6 Å². The molecule has 3 heterocycles. The van der Waals surface area contributed by atoms with Crippen LogP contribution in [0.25, 0.3) is 5.65 Å². The normalized spacial score (nSPS) is 16.2.